The van der Waals surface area contributed by atoms with Crippen LogP contribution in [0.5, 0.6) is 23.0 Å². The van der Waals surface area contributed by atoms with E-state index in [-0.39, 0.29) is 135 Å². The van der Waals surface area contributed by atoms with Crippen LogP contribution in [0.25, 0.3) is 10.1 Å². The Kier molecular flexibility index (Phi) is 14.7. The van der Waals surface area contributed by atoms with Crippen LogP contribution in [0.2, 0.25) is 0 Å². The molecule has 0 bridgehead atoms. The summed E-state index contributed by atoms with van der Waals surface area (Å²) in [5, 5.41) is 2.68. The topological polar surface area (TPSA) is 182 Å². The second-order valence-electron chi connectivity index (χ2n) is 11.9. The van der Waals surface area contributed by atoms with Gasteiger partial charge in [-0.1, -0.05) is 0 Å². The molecule has 3 aromatic rings. The van der Waals surface area contributed by atoms with Crippen molar-refractivity contribution in [3.63, 3.8) is 0 Å². The van der Waals surface area contributed by atoms with Crippen molar-refractivity contribution in [1.82, 2.24) is 10.2 Å². The van der Waals surface area contributed by atoms with Gasteiger partial charge in [0.25, 0.3) is 0 Å². The molecule has 0 fully saturated rings. The van der Waals surface area contributed by atoms with E-state index in [1.165, 1.54) is 25.2 Å². The van der Waals surface area contributed by atoms with E-state index in [1.807, 2.05) is 0 Å². The average molecular weight is 764 g/mol. The van der Waals surface area contributed by atoms with Crippen LogP contribution in [0.1, 0.15) is 66.8 Å². The third-order valence-corrected chi connectivity index (χ3v) is 9.25. The van der Waals surface area contributed by atoms with Crippen molar-refractivity contribution in [1.29, 1.82) is 0 Å². The minimum absolute atomic E-state index is 0.0328. The highest BCUT2D eigenvalue weighted by Gasteiger charge is 2.30. The van der Waals surface area contributed by atoms with E-state index in [0.29, 0.717) is 10.3 Å². The molecule has 53 heavy (non-hydrogen) atoms. The van der Waals surface area contributed by atoms with Crippen LogP contribution in [0.4, 0.5) is 8.78 Å². The smallest absolute Gasteiger partial charge is 0.306 e. The predicted octanol–water partition coefficient (Wildman–Crippen LogP) is 4.20. The van der Waals surface area contributed by atoms with E-state index >= 15 is 8.78 Å². The van der Waals surface area contributed by atoms with E-state index in [1.54, 1.807) is 26.0 Å². The number of thiophene rings is 1. The number of ketones is 1. The summed E-state index contributed by atoms with van der Waals surface area (Å²) in [4.78, 5) is 62.4. The lowest BCUT2D eigenvalue weighted by atomic mass is 10.1. The van der Waals surface area contributed by atoms with Gasteiger partial charge in [-0.15, -0.1) is 11.3 Å². The van der Waals surface area contributed by atoms with Gasteiger partial charge in [-0.25, -0.2) is 8.78 Å². The number of nitrogens with one attached hydrogen (secondary N) is 1. The van der Waals surface area contributed by atoms with E-state index in [4.69, 9.17) is 34.2 Å². The number of ether oxygens (including phenoxy) is 6. The molecule has 14 nitrogen and oxygen atoms in total. The monoisotopic (exact) mass is 763 g/mol. The number of Topliss-reactive ketones (excluding diaryl/α,β-unsaturated/α-hetero) is 1. The molecule has 1 atom stereocenters. The van der Waals surface area contributed by atoms with Crippen molar-refractivity contribution < 1.29 is 61.2 Å². The molecule has 4 rings (SSSR count). The Morgan fingerprint density at radius 3 is 2.23 bits per heavy atom. The van der Waals surface area contributed by atoms with Crippen molar-refractivity contribution in [3.05, 3.63) is 45.8 Å². The fourth-order valence-corrected chi connectivity index (χ4v) is 6.50. The number of hydrogen-bond acceptors (Lipinski definition) is 13. The lowest BCUT2D eigenvalue weighted by molar-refractivity contribution is -0.150. The number of nitrogens with zero attached hydrogens (tertiary/aromatic N) is 1. The summed E-state index contributed by atoms with van der Waals surface area (Å²) < 4.78 is 64.1. The summed E-state index contributed by atoms with van der Waals surface area (Å²) in [6.07, 6.45) is -0.904. The maximum atomic E-state index is 15.7. The van der Waals surface area contributed by atoms with Gasteiger partial charge in [-0.3, -0.25) is 24.0 Å². The molecule has 2 aromatic carbocycles. The first-order valence-electron chi connectivity index (χ1n) is 17.0. The normalized spacial score (nSPS) is 12.5. The maximum absolute atomic E-state index is 15.7. The Balaban J connectivity index is 1.31. The van der Waals surface area contributed by atoms with Crippen molar-refractivity contribution in [3.8, 4) is 23.0 Å². The predicted molar refractivity (Wildman–Crippen MR) is 188 cm³/mol. The molecule has 0 saturated heterocycles. The molecule has 288 valence electrons. The second-order valence-corrected chi connectivity index (χ2v) is 13.0. The molecule has 0 saturated carbocycles. The highest BCUT2D eigenvalue weighted by atomic mass is 32.1. The molecule has 1 aliphatic rings. The molecule has 1 aliphatic heterocycles. The number of amides is 2. The Morgan fingerprint density at radius 1 is 0.906 bits per heavy atom. The summed E-state index contributed by atoms with van der Waals surface area (Å²) >= 11 is 1.08. The standard InChI is InChI=1S/C36H43F2N3O11S/c1-5-49-31(45)9-7-24(42)28-14-22-27(53-28)15-26(48-4)36(33(22)37)51-12-6-11-50-35-25(47-3)13-21-18-41(19-23(21)34(35)38)30(44)8-10-32(46)52-20(2)17-40-29(43)16-39/h13-15,20H,5-12,16-19,39H2,1-4H3,(H,40,43)/t20-/m0/s1. The van der Waals surface area contributed by atoms with Crippen molar-refractivity contribution in [2.45, 2.75) is 65.1 Å². The number of carbonyl (C=O) groups excluding carboxylic acids is 5. The fourth-order valence-electron chi connectivity index (χ4n) is 5.45. The van der Waals surface area contributed by atoms with Gasteiger partial charge >= 0.3 is 11.9 Å². The zero-order valence-corrected chi connectivity index (χ0v) is 30.8. The molecule has 1 aromatic heterocycles. The summed E-state index contributed by atoms with van der Waals surface area (Å²) in [7, 11) is 2.72. The number of methoxy groups -OCH3 is 2. The van der Waals surface area contributed by atoms with Crippen LogP contribution in [-0.2, 0) is 41.7 Å². The van der Waals surface area contributed by atoms with Crippen LogP contribution < -0.4 is 30.0 Å². The summed E-state index contributed by atoms with van der Waals surface area (Å²) in [5.74, 6) is -3.65. The first kappa shape index (κ1) is 40.7. The average Bonchev–Trinajstić information content (AvgIpc) is 3.78. The number of esters is 2. The number of halogens is 2. The van der Waals surface area contributed by atoms with E-state index in [0.717, 1.165) is 11.3 Å². The quantitative estimate of drug-likeness (QED) is 0.0953. The van der Waals surface area contributed by atoms with Crippen LogP contribution in [0.3, 0.4) is 0 Å². The van der Waals surface area contributed by atoms with E-state index in [9.17, 15) is 24.0 Å². The molecule has 2 heterocycles. The van der Waals surface area contributed by atoms with Crippen molar-refractivity contribution >= 4 is 51.0 Å². The van der Waals surface area contributed by atoms with Crippen LogP contribution in [-0.4, -0.2) is 87.7 Å². The number of benzene rings is 2. The van der Waals surface area contributed by atoms with Gasteiger partial charge in [-0.05, 0) is 31.5 Å². The van der Waals surface area contributed by atoms with Crippen LogP contribution >= 0.6 is 11.3 Å². The van der Waals surface area contributed by atoms with Crippen LogP contribution in [0, 0.1) is 11.6 Å². The lowest BCUT2D eigenvalue weighted by Gasteiger charge is -2.16. The number of hydrogen-bond donors (Lipinski definition) is 2. The van der Waals surface area contributed by atoms with Gasteiger partial charge in [0.1, 0.15) is 6.10 Å². The number of fused-ring (bicyclic) bond motifs is 2. The Morgan fingerprint density at radius 2 is 1.57 bits per heavy atom. The van der Waals surface area contributed by atoms with Gasteiger partial charge in [-0.2, -0.15) is 0 Å². The van der Waals surface area contributed by atoms with Gasteiger partial charge < -0.3 is 44.4 Å². The molecular weight excluding hydrogens is 720 g/mol. The van der Waals surface area contributed by atoms with Crippen molar-refractivity contribution in [2.75, 3.05) is 47.1 Å². The number of nitrogens with two attached hydrogens (primary N) is 1. The Hall–Kier alpha value is -5.03. The van der Waals surface area contributed by atoms with E-state index < -0.39 is 29.7 Å². The zero-order chi connectivity index (χ0) is 38.7. The first-order chi connectivity index (χ1) is 25.4. The summed E-state index contributed by atoms with van der Waals surface area (Å²) in [5.41, 5.74) is 6.02. The largest absolute Gasteiger partial charge is 0.493 e. The highest BCUT2D eigenvalue weighted by molar-refractivity contribution is 7.20. The SMILES string of the molecule is CCOC(=O)CCC(=O)c1cc2c(F)c(OCCCOc3c(OC)cc4c(c3F)CN(C(=O)CCC(=O)O[C@@H](C)CNC(=O)CN)C4)c(OC)cc2s1. The Labute approximate surface area is 308 Å². The zero-order valence-electron chi connectivity index (χ0n) is 30.0. The molecule has 0 aliphatic carbocycles. The molecule has 3 N–H and O–H groups in total. The van der Waals surface area contributed by atoms with Crippen molar-refractivity contribution in [2.24, 2.45) is 5.73 Å². The second kappa shape index (κ2) is 19.2. The van der Waals surface area contributed by atoms with Crippen LogP contribution in [0.15, 0.2) is 18.2 Å². The lowest BCUT2D eigenvalue weighted by Crippen LogP contribution is -2.37. The fraction of sp³-hybridized carbons (Fsp3) is 0.472. The molecule has 0 spiro atoms. The van der Waals surface area contributed by atoms with Gasteiger partial charge in [0, 0.05) is 54.1 Å². The maximum Gasteiger partial charge on any atom is 0.306 e. The number of rotatable bonds is 20. The Bertz CT molecular complexity index is 1830. The van der Waals surface area contributed by atoms with Gasteiger partial charge in [0.05, 0.1) is 64.8 Å². The minimum atomic E-state index is -0.717. The third-order valence-electron chi connectivity index (χ3n) is 8.13. The highest BCUT2D eigenvalue weighted by Crippen LogP contribution is 2.41. The summed E-state index contributed by atoms with van der Waals surface area (Å²) in [6, 6.07) is 4.57. The first-order valence-corrected chi connectivity index (χ1v) is 17.8. The van der Waals surface area contributed by atoms with E-state index in [2.05, 4.69) is 5.32 Å². The molecule has 17 heteroatoms. The molecule has 2 amide bonds. The van der Waals surface area contributed by atoms with Gasteiger partial charge in [0.15, 0.2) is 40.4 Å². The number of carbonyl (C=O) groups is 5. The van der Waals surface area contributed by atoms with Gasteiger partial charge in [0.2, 0.25) is 11.8 Å². The molecule has 0 radical (unpaired) electrons. The molecular formula is C36H43F2N3O11S. The third kappa shape index (κ3) is 10.5. The summed E-state index contributed by atoms with van der Waals surface area (Å²) in [6.45, 7) is 3.38. The minimum Gasteiger partial charge on any atom is -0.493 e. The molecule has 0 unspecified atom stereocenters.